The van der Waals surface area contributed by atoms with E-state index in [-0.39, 0.29) is 4.21 Å². The van der Waals surface area contributed by atoms with Crippen LogP contribution in [0.15, 0.2) is 33.0 Å². The van der Waals surface area contributed by atoms with Crippen LogP contribution >= 0.6 is 22.9 Å². The summed E-state index contributed by atoms with van der Waals surface area (Å²) >= 11 is 7.53. The van der Waals surface area contributed by atoms with Crippen LogP contribution in [0.3, 0.4) is 0 Å². The zero-order valence-electron chi connectivity index (χ0n) is 21.6. The van der Waals surface area contributed by atoms with E-state index in [4.69, 9.17) is 21.9 Å². The van der Waals surface area contributed by atoms with E-state index in [1.54, 1.807) is 19.1 Å². The van der Waals surface area contributed by atoms with Gasteiger partial charge < -0.3 is 10.3 Å². The van der Waals surface area contributed by atoms with Crippen LogP contribution in [0.2, 0.25) is 5.02 Å². The maximum atomic E-state index is 11.7. The molecule has 0 unspecified atom stereocenters. The zero-order chi connectivity index (χ0) is 27.3. The van der Waals surface area contributed by atoms with Crippen molar-refractivity contribution in [3.05, 3.63) is 62.7 Å². The minimum atomic E-state index is -4.31. The van der Waals surface area contributed by atoms with Crippen LogP contribution in [-0.4, -0.2) is 32.9 Å². The standard InChI is InChI=1S/C20H24ClN3O3S2.C5H8N2O/c1-4-6-18-22-19(7-5-2)24(23-18)12-14-8-9-15(17(21)11-14)16-10-13(3)28-20(16)29(25,26)27;1-3-4(2)8-7-5(3)6/h8-11H,4-7,12H2,1-3H3,(H,25,26,27);1-2H3,(H2,6,7). The van der Waals surface area contributed by atoms with Crippen molar-refractivity contribution in [3.8, 4) is 11.1 Å². The summed E-state index contributed by atoms with van der Waals surface area (Å²) in [4.78, 5) is 5.42. The minimum Gasteiger partial charge on any atom is -0.381 e. The quantitative estimate of drug-likeness (QED) is 0.246. The van der Waals surface area contributed by atoms with E-state index in [9.17, 15) is 13.0 Å². The summed E-state index contributed by atoms with van der Waals surface area (Å²) in [5, 5.41) is 8.57. The molecule has 1 aromatic carbocycles. The number of hydrogen-bond acceptors (Lipinski definition) is 8. The van der Waals surface area contributed by atoms with E-state index in [0.717, 1.165) is 70.4 Å². The molecule has 4 rings (SSSR count). The first-order valence-electron chi connectivity index (χ1n) is 11.9. The van der Waals surface area contributed by atoms with E-state index in [2.05, 4.69) is 29.1 Å². The average molecular weight is 566 g/mol. The van der Waals surface area contributed by atoms with Gasteiger partial charge in [-0.1, -0.05) is 42.7 Å². The summed E-state index contributed by atoms with van der Waals surface area (Å²) in [6, 6.07) is 7.23. The average Bonchev–Trinajstić information content (AvgIpc) is 3.48. The fourth-order valence-corrected chi connectivity index (χ4v) is 5.96. The van der Waals surface area contributed by atoms with Crippen molar-refractivity contribution >= 4 is 38.9 Å². The van der Waals surface area contributed by atoms with Crippen LogP contribution in [0.5, 0.6) is 0 Å². The summed E-state index contributed by atoms with van der Waals surface area (Å²) in [6.07, 6.45) is 3.68. The number of benzene rings is 1. The third-order valence-electron chi connectivity index (χ3n) is 5.64. The highest BCUT2D eigenvalue weighted by molar-refractivity contribution is 7.88. The van der Waals surface area contributed by atoms with Gasteiger partial charge in [0.1, 0.15) is 11.6 Å². The number of rotatable bonds is 8. The molecule has 0 radical (unpaired) electrons. The van der Waals surface area contributed by atoms with E-state index in [1.165, 1.54) is 0 Å². The smallest absolute Gasteiger partial charge is 0.304 e. The number of nitrogens with zero attached hydrogens (tertiary/aromatic N) is 4. The van der Waals surface area contributed by atoms with E-state index in [1.807, 2.05) is 30.7 Å². The highest BCUT2D eigenvalue weighted by atomic mass is 35.5. The van der Waals surface area contributed by atoms with Crippen molar-refractivity contribution in [1.29, 1.82) is 0 Å². The molecule has 0 saturated carbocycles. The maximum absolute atomic E-state index is 11.7. The van der Waals surface area contributed by atoms with E-state index >= 15 is 0 Å². The Labute approximate surface area is 226 Å². The van der Waals surface area contributed by atoms with Crippen LogP contribution in [0, 0.1) is 20.8 Å². The number of nitrogen functional groups attached to an aromatic ring is 1. The highest BCUT2D eigenvalue weighted by Crippen LogP contribution is 2.38. The Morgan fingerprint density at radius 3 is 2.32 bits per heavy atom. The van der Waals surface area contributed by atoms with Gasteiger partial charge >= 0.3 is 10.1 Å². The molecule has 3 N–H and O–H groups in total. The molecule has 12 heteroatoms. The lowest BCUT2D eigenvalue weighted by molar-refractivity contribution is 0.399. The number of thiophene rings is 1. The largest absolute Gasteiger partial charge is 0.381 e. The van der Waals surface area contributed by atoms with Crippen LogP contribution in [0.4, 0.5) is 5.82 Å². The molecule has 0 bridgehead atoms. The van der Waals surface area contributed by atoms with Crippen LogP contribution in [0.25, 0.3) is 11.1 Å². The van der Waals surface area contributed by atoms with E-state index < -0.39 is 10.1 Å². The number of aromatic nitrogens is 4. The van der Waals surface area contributed by atoms with Gasteiger partial charge in [0.25, 0.3) is 0 Å². The Morgan fingerprint density at radius 1 is 1.11 bits per heavy atom. The molecule has 0 aliphatic heterocycles. The summed E-state index contributed by atoms with van der Waals surface area (Å²) in [5.74, 6) is 3.09. The number of nitrogens with two attached hydrogens (primary N) is 1. The molecule has 3 heterocycles. The van der Waals surface area contributed by atoms with Gasteiger partial charge in [0.15, 0.2) is 15.9 Å². The van der Waals surface area contributed by atoms with Crippen molar-refractivity contribution in [1.82, 2.24) is 19.9 Å². The maximum Gasteiger partial charge on any atom is 0.304 e. The predicted octanol–water partition coefficient (Wildman–Crippen LogP) is 6.04. The van der Waals surface area contributed by atoms with Crippen molar-refractivity contribution < 1.29 is 17.5 Å². The van der Waals surface area contributed by atoms with Gasteiger partial charge in [-0.15, -0.1) is 11.3 Å². The lowest BCUT2D eigenvalue weighted by atomic mass is 10.1. The molecule has 0 aliphatic carbocycles. The summed E-state index contributed by atoms with van der Waals surface area (Å²) in [5.41, 5.74) is 8.22. The van der Waals surface area contributed by atoms with Crippen LogP contribution in [0.1, 0.15) is 60.1 Å². The number of halogens is 1. The van der Waals surface area contributed by atoms with Crippen molar-refractivity contribution in [2.45, 2.75) is 71.1 Å². The molecule has 0 aliphatic rings. The molecule has 0 saturated heterocycles. The van der Waals surface area contributed by atoms with Gasteiger partial charge in [0.05, 0.1) is 6.54 Å². The van der Waals surface area contributed by atoms with Gasteiger partial charge in [-0.25, -0.2) is 9.67 Å². The Morgan fingerprint density at radius 2 is 1.81 bits per heavy atom. The molecular formula is C25H32ClN5O4S2. The zero-order valence-corrected chi connectivity index (χ0v) is 24.0. The summed E-state index contributed by atoms with van der Waals surface area (Å²) in [7, 11) is -4.31. The van der Waals surface area contributed by atoms with Crippen LogP contribution in [-0.2, 0) is 29.5 Å². The second-order valence-corrected chi connectivity index (χ2v) is 12.0. The molecule has 37 heavy (non-hydrogen) atoms. The minimum absolute atomic E-state index is 0.0876. The molecule has 200 valence electrons. The second-order valence-electron chi connectivity index (χ2n) is 8.70. The summed E-state index contributed by atoms with van der Waals surface area (Å²) < 4.78 is 39.5. The topological polar surface area (TPSA) is 137 Å². The molecule has 0 amide bonds. The predicted molar refractivity (Wildman–Crippen MR) is 147 cm³/mol. The first-order chi connectivity index (χ1) is 17.4. The van der Waals surface area contributed by atoms with E-state index in [0.29, 0.717) is 28.5 Å². The van der Waals surface area contributed by atoms with Gasteiger partial charge in [-0.3, -0.25) is 4.55 Å². The fourth-order valence-electron chi connectivity index (χ4n) is 3.65. The molecule has 4 aromatic rings. The molecule has 0 spiro atoms. The van der Waals surface area contributed by atoms with Gasteiger partial charge in [-0.05, 0) is 51.3 Å². The molecular weight excluding hydrogens is 534 g/mol. The monoisotopic (exact) mass is 565 g/mol. The Hall–Kier alpha value is -2.73. The van der Waals surface area contributed by atoms with Gasteiger partial charge in [0.2, 0.25) is 0 Å². The Kier molecular flexibility index (Phi) is 9.51. The summed E-state index contributed by atoms with van der Waals surface area (Å²) in [6.45, 7) is 10.3. The third-order valence-corrected chi connectivity index (χ3v) is 8.37. The van der Waals surface area contributed by atoms with Gasteiger partial charge in [-0.2, -0.15) is 13.5 Å². The Balaban J connectivity index is 0.000000405. The third kappa shape index (κ3) is 7.19. The van der Waals surface area contributed by atoms with Crippen LogP contribution < -0.4 is 5.73 Å². The number of anilines is 1. The first-order valence-corrected chi connectivity index (χ1v) is 14.6. The molecule has 3 aromatic heterocycles. The normalized spacial score (nSPS) is 11.4. The van der Waals surface area contributed by atoms with Gasteiger partial charge in [0, 0.05) is 39.4 Å². The molecule has 9 nitrogen and oxygen atoms in total. The first kappa shape index (κ1) is 28.8. The fraction of sp³-hybridized carbons (Fsp3) is 0.400. The van der Waals surface area contributed by atoms with Crippen molar-refractivity contribution in [3.63, 3.8) is 0 Å². The number of aryl methyl sites for hydroxylation is 4. The highest BCUT2D eigenvalue weighted by Gasteiger charge is 2.22. The SMILES string of the molecule is CCCc1nc(CCC)n(Cc2ccc(-c3cc(C)sc3S(=O)(=O)O)c(Cl)c2)n1.Cc1onc(N)c1C. The lowest BCUT2D eigenvalue weighted by Gasteiger charge is -2.09. The Bertz CT molecular complexity index is 1450. The van der Waals surface area contributed by atoms with Crippen molar-refractivity contribution in [2.24, 2.45) is 0 Å². The second kappa shape index (κ2) is 12.2. The van der Waals surface area contributed by atoms with Crippen molar-refractivity contribution in [2.75, 3.05) is 5.73 Å². The molecule has 0 fully saturated rings. The number of hydrogen-bond donors (Lipinski definition) is 2. The molecule has 0 atom stereocenters. The lowest BCUT2D eigenvalue weighted by Crippen LogP contribution is -2.07.